The van der Waals surface area contributed by atoms with Gasteiger partial charge in [0.25, 0.3) is 0 Å². The van der Waals surface area contributed by atoms with Gasteiger partial charge in [-0.05, 0) is 75.2 Å². The Labute approximate surface area is 115 Å². The average molecular weight is 258 g/mol. The summed E-state index contributed by atoms with van der Waals surface area (Å²) in [5.41, 5.74) is 0.559. The molecule has 0 spiro atoms. The highest BCUT2D eigenvalue weighted by Crippen LogP contribution is 2.44. The van der Waals surface area contributed by atoms with E-state index in [0.717, 1.165) is 23.9 Å². The van der Waals surface area contributed by atoms with Crippen LogP contribution >= 0.6 is 0 Å². The molecule has 0 unspecified atom stereocenters. The van der Waals surface area contributed by atoms with E-state index in [1.54, 1.807) is 0 Å². The largest absolute Gasteiger partial charge is 0.396 e. The predicted octanol–water partition coefficient (Wildman–Crippen LogP) is 3.97. The quantitative estimate of drug-likeness (QED) is 0.597. The Balaban J connectivity index is 5.61. The van der Waals surface area contributed by atoms with Gasteiger partial charge in [-0.3, -0.25) is 0 Å². The third kappa shape index (κ3) is 3.27. The Bertz CT molecular complexity index is 214. The molecule has 0 atom stereocenters. The van der Waals surface area contributed by atoms with Crippen molar-refractivity contribution in [3.8, 4) is 0 Å². The molecule has 0 fully saturated rings. The van der Waals surface area contributed by atoms with E-state index in [9.17, 15) is 0 Å². The summed E-state index contributed by atoms with van der Waals surface area (Å²) in [6.07, 6.45) is 1.99. The topological polar surface area (TPSA) is 20.2 Å². The first-order valence-corrected chi connectivity index (χ1v) is 7.30. The molecule has 0 bridgehead atoms. The Morgan fingerprint density at radius 1 is 0.667 bits per heavy atom. The van der Waals surface area contributed by atoms with Gasteiger partial charge in [0.2, 0.25) is 0 Å². The van der Waals surface area contributed by atoms with Crippen LogP contribution in [0.3, 0.4) is 0 Å². The van der Waals surface area contributed by atoms with Gasteiger partial charge < -0.3 is 9.59 Å². The fraction of sp³-hybridized carbons (Fsp3) is 1.00. The lowest BCUT2D eigenvalue weighted by Gasteiger charge is -2.64. The predicted molar refractivity (Wildman–Crippen MR) is 80.7 cm³/mol. The van der Waals surface area contributed by atoms with Crippen molar-refractivity contribution in [3.63, 3.8) is 0 Å². The normalized spacial score (nSPS) is 15.0. The first-order chi connectivity index (χ1) is 7.81. The van der Waals surface area contributed by atoms with Crippen molar-refractivity contribution in [1.29, 1.82) is 0 Å². The third-order valence-corrected chi connectivity index (χ3v) is 4.34. The van der Waals surface area contributed by atoms with Crippen LogP contribution in [0.15, 0.2) is 0 Å². The first kappa shape index (κ1) is 17.9. The molecule has 0 aromatic carbocycles. The fourth-order valence-corrected chi connectivity index (χ4v) is 4.49. The summed E-state index contributed by atoms with van der Waals surface area (Å²) in [5, 5.41) is 9.06. The Morgan fingerprint density at radius 2 is 1.00 bits per heavy atom. The van der Waals surface area contributed by atoms with Gasteiger partial charge in [-0.25, -0.2) is 0 Å². The van der Waals surface area contributed by atoms with Crippen LogP contribution in [0.4, 0.5) is 0 Å². The van der Waals surface area contributed by atoms with E-state index in [0.29, 0.717) is 6.61 Å². The molecule has 0 rings (SSSR count). The molecule has 2 nitrogen and oxygen atoms in total. The number of hydrogen-bond acceptors (Lipinski definition) is 1. The van der Waals surface area contributed by atoms with Crippen LogP contribution in [0.5, 0.6) is 0 Å². The molecule has 0 amide bonds. The van der Waals surface area contributed by atoms with Crippen molar-refractivity contribution < 1.29 is 9.59 Å². The van der Waals surface area contributed by atoms with E-state index in [1.807, 2.05) is 0 Å². The van der Waals surface area contributed by atoms with E-state index >= 15 is 0 Å². The number of aliphatic hydroxyl groups is 1. The van der Waals surface area contributed by atoms with Gasteiger partial charge in [0.15, 0.2) is 0 Å². The minimum Gasteiger partial charge on any atom is -0.396 e. The van der Waals surface area contributed by atoms with E-state index in [1.165, 1.54) is 0 Å². The molecule has 0 aromatic rings. The van der Waals surface area contributed by atoms with Crippen LogP contribution < -0.4 is 0 Å². The first-order valence-electron chi connectivity index (χ1n) is 7.30. The van der Waals surface area contributed by atoms with Gasteiger partial charge in [-0.15, -0.1) is 0 Å². The number of rotatable bonds is 4. The SMILES string of the molecule is CC(C)(C)[N+](CCCCO)(C(C)(C)C)C(C)(C)C. The maximum Gasteiger partial charge on any atom is 0.0915 e. The van der Waals surface area contributed by atoms with Crippen molar-refractivity contribution >= 4 is 0 Å². The van der Waals surface area contributed by atoms with Gasteiger partial charge in [0.05, 0.1) is 23.2 Å². The molecule has 0 aromatic heterocycles. The summed E-state index contributed by atoms with van der Waals surface area (Å²) in [5.74, 6) is 0. The molecular weight excluding hydrogens is 222 g/mol. The number of hydrogen-bond donors (Lipinski definition) is 1. The van der Waals surface area contributed by atoms with Gasteiger partial charge in [0.1, 0.15) is 0 Å². The summed E-state index contributed by atoms with van der Waals surface area (Å²) < 4.78 is 1.06. The summed E-state index contributed by atoms with van der Waals surface area (Å²) in [6, 6.07) is 0. The highest BCUT2D eigenvalue weighted by Gasteiger charge is 2.55. The number of quaternary nitrogens is 1. The summed E-state index contributed by atoms with van der Waals surface area (Å²) in [7, 11) is 0. The van der Waals surface area contributed by atoms with E-state index in [2.05, 4.69) is 62.3 Å². The van der Waals surface area contributed by atoms with Crippen molar-refractivity contribution in [1.82, 2.24) is 0 Å². The lowest BCUT2D eigenvalue weighted by molar-refractivity contribution is -1.05. The summed E-state index contributed by atoms with van der Waals surface area (Å²) in [4.78, 5) is 0. The van der Waals surface area contributed by atoms with E-state index in [-0.39, 0.29) is 16.6 Å². The zero-order chi connectivity index (χ0) is 14.8. The molecule has 0 saturated carbocycles. The highest BCUT2D eigenvalue weighted by molar-refractivity contribution is 4.82. The molecular formula is C16H36NO+. The molecule has 0 radical (unpaired) electrons. The lowest BCUT2D eigenvalue weighted by Crippen LogP contribution is -2.76. The Hall–Kier alpha value is -0.0800. The summed E-state index contributed by atoms with van der Waals surface area (Å²) in [6.45, 7) is 22.6. The van der Waals surface area contributed by atoms with Crippen LogP contribution in [0.2, 0.25) is 0 Å². The Morgan fingerprint density at radius 3 is 1.22 bits per heavy atom. The van der Waals surface area contributed by atoms with Gasteiger partial charge in [0, 0.05) is 6.61 Å². The smallest absolute Gasteiger partial charge is 0.0915 e. The summed E-state index contributed by atoms with van der Waals surface area (Å²) >= 11 is 0. The minimum absolute atomic E-state index is 0.186. The maximum atomic E-state index is 9.06. The lowest BCUT2D eigenvalue weighted by atomic mass is 9.81. The zero-order valence-corrected chi connectivity index (χ0v) is 14.2. The van der Waals surface area contributed by atoms with Crippen LogP contribution in [-0.2, 0) is 0 Å². The van der Waals surface area contributed by atoms with Crippen LogP contribution in [-0.4, -0.2) is 39.4 Å². The second-order valence-corrected chi connectivity index (χ2v) is 8.48. The van der Waals surface area contributed by atoms with Crippen LogP contribution in [0.1, 0.15) is 75.2 Å². The molecule has 110 valence electrons. The number of aliphatic hydroxyl groups excluding tert-OH is 1. The molecule has 1 N–H and O–H groups in total. The zero-order valence-electron chi connectivity index (χ0n) is 14.2. The van der Waals surface area contributed by atoms with E-state index < -0.39 is 0 Å². The van der Waals surface area contributed by atoms with Crippen molar-refractivity contribution in [2.24, 2.45) is 0 Å². The number of nitrogens with zero attached hydrogens (tertiary/aromatic N) is 1. The number of unbranched alkanes of at least 4 members (excludes halogenated alkanes) is 1. The molecule has 18 heavy (non-hydrogen) atoms. The van der Waals surface area contributed by atoms with Crippen molar-refractivity contribution in [2.45, 2.75) is 91.8 Å². The van der Waals surface area contributed by atoms with Crippen LogP contribution in [0.25, 0.3) is 0 Å². The monoisotopic (exact) mass is 258 g/mol. The highest BCUT2D eigenvalue weighted by atomic mass is 16.2. The fourth-order valence-electron chi connectivity index (χ4n) is 4.49. The van der Waals surface area contributed by atoms with Crippen LogP contribution in [0, 0.1) is 0 Å². The standard InChI is InChI=1S/C16H36NO/c1-14(2,3)17(15(4,5)6,16(7,8)9)12-10-11-13-18/h18H,10-13H2,1-9H3/q+1. The molecule has 0 saturated heterocycles. The van der Waals surface area contributed by atoms with Gasteiger partial charge in [-0.1, -0.05) is 0 Å². The molecule has 2 heteroatoms. The molecule has 0 aliphatic heterocycles. The molecule has 0 heterocycles. The third-order valence-electron chi connectivity index (χ3n) is 4.34. The maximum absolute atomic E-state index is 9.06. The molecule has 0 aliphatic rings. The second kappa shape index (κ2) is 5.50. The Kier molecular flexibility index (Phi) is 5.48. The molecule has 0 aliphatic carbocycles. The van der Waals surface area contributed by atoms with Crippen molar-refractivity contribution in [3.05, 3.63) is 0 Å². The van der Waals surface area contributed by atoms with Gasteiger partial charge in [-0.2, -0.15) is 0 Å². The second-order valence-electron chi connectivity index (χ2n) is 8.48. The van der Waals surface area contributed by atoms with Gasteiger partial charge >= 0.3 is 0 Å². The van der Waals surface area contributed by atoms with Crippen molar-refractivity contribution in [2.75, 3.05) is 13.2 Å². The minimum atomic E-state index is 0.186. The average Bonchev–Trinajstić information content (AvgIpc) is 2.05. The van der Waals surface area contributed by atoms with E-state index in [4.69, 9.17) is 5.11 Å².